The van der Waals surface area contributed by atoms with Crippen molar-refractivity contribution in [2.75, 3.05) is 25.4 Å². The molecule has 2 N–H and O–H groups in total. The number of nitrogen functional groups attached to an aromatic ring is 1. The van der Waals surface area contributed by atoms with Crippen LogP contribution in [0.3, 0.4) is 0 Å². The van der Waals surface area contributed by atoms with Crippen LogP contribution < -0.4 is 5.73 Å². The van der Waals surface area contributed by atoms with E-state index in [2.05, 4.69) is 0 Å². The van der Waals surface area contributed by atoms with Crippen LogP contribution in [-0.4, -0.2) is 38.5 Å². The van der Waals surface area contributed by atoms with Crippen molar-refractivity contribution in [2.24, 2.45) is 0 Å². The molecule has 2 rings (SSSR count). The summed E-state index contributed by atoms with van der Waals surface area (Å²) in [7, 11) is -3.53. The Balaban J connectivity index is 2.47. The van der Waals surface area contributed by atoms with E-state index in [-0.39, 0.29) is 6.10 Å². The lowest BCUT2D eigenvalue weighted by Crippen LogP contribution is -2.45. The normalized spacial score (nSPS) is 20.7. The van der Waals surface area contributed by atoms with Crippen molar-refractivity contribution in [2.45, 2.75) is 45.1 Å². The quantitative estimate of drug-likeness (QED) is 0.866. The molecule has 1 saturated heterocycles. The Morgan fingerprint density at radius 2 is 2.00 bits per heavy atom. The molecule has 0 spiro atoms. The lowest BCUT2D eigenvalue weighted by molar-refractivity contribution is -0.00279. The minimum atomic E-state index is -3.53. The maximum Gasteiger partial charge on any atom is 0.243 e. The van der Waals surface area contributed by atoms with Gasteiger partial charge in [0.15, 0.2) is 0 Å². The van der Waals surface area contributed by atoms with Crippen LogP contribution >= 0.6 is 0 Å². The summed E-state index contributed by atoms with van der Waals surface area (Å²) in [6.45, 7) is 8.74. The number of nitrogens with two attached hydrogens (primary N) is 1. The predicted octanol–water partition coefficient (Wildman–Crippen LogP) is 1.99. The molecule has 21 heavy (non-hydrogen) atoms. The number of aryl methyl sites for hydroxylation is 2. The molecule has 0 aromatic heterocycles. The molecule has 5 nitrogen and oxygen atoms in total. The summed E-state index contributed by atoms with van der Waals surface area (Å²) in [5.41, 5.74) is 8.89. The molecule has 0 radical (unpaired) electrons. The molecule has 0 aliphatic carbocycles. The van der Waals surface area contributed by atoms with Gasteiger partial charge in [0.25, 0.3) is 0 Å². The molecule has 1 aliphatic heterocycles. The third-order valence-electron chi connectivity index (χ3n) is 4.12. The second-order valence-electron chi connectivity index (χ2n) is 5.64. The Morgan fingerprint density at radius 3 is 2.62 bits per heavy atom. The van der Waals surface area contributed by atoms with Crippen LogP contribution in [0.1, 0.15) is 30.0 Å². The highest BCUT2D eigenvalue weighted by Gasteiger charge is 2.32. The van der Waals surface area contributed by atoms with Crippen molar-refractivity contribution >= 4 is 15.7 Å². The van der Waals surface area contributed by atoms with Crippen LogP contribution in [0.25, 0.3) is 0 Å². The van der Waals surface area contributed by atoms with Crippen LogP contribution in [0, 0.1) is 20.8 Å². The van der Waals surface area contributed by atoms with Crippen LogP contribution in [0.5, 0.6) is 0 Å². The van der Waals surface area contributed by atoms with Crippen molar-refractivity contribution in [3.05, 3.63) is 22.8 Å². The summed E-state index contributed by atoms with van der Waals surface area (Å²) in [6, 6.07) is 1.84. The van der Waals surface area contributed by atoms with E-state index in [1.165, 1.54) is 4.31 Å². The van der Waals surface area contributed by atoms with Gasteiger partial charge < -0.3 is 10.5 Å². The third kappa shape index (κ3) is 2.93. The van der Waals surface area contributed by atoms with Gasteiger partial charge in [-0.3, -0.25) is 0 Å². The van der Waals surface area contributed by atoms with E-state index in [9.17, 15) is 8.42 Å². The van der Waals surface area contributed by atoms with Crippen LogP contribution in [0.2, 0.25) is 0 Å². The lowest BCUT2D eigenvalue weighted by Gasteiger charge is -2.32. The van der Waals surface area contributed by atoms with E-state index in [1.807, 2.05) is 26.8 Å². The topological polar surface area (TPSA) is 72.6 Å². The zero-order valence-electron chi connectivity index (χ0n) is 13.1. The van der Waals surface area contributed by atoms with E-state index >= 15 is 0 Å². The van der Waals surface area contributed by atoms with Crippen molar-refractivity contribution in [3.8, 4) is 0 Å². The number of ether oxygens (including phenoxy) is 1. The number of morpholine rings is 1. The Labute approximate surface area is 127 Å². The highest BCUT2D eigenvalue weighted by molar-refractivity contribution is 7.89. The lowest BCUT2D eigenvalue weighted by atomic mass is 10.1. The molecule has 118 valence electrons. The Kier molecular flexibility index (Phi) is 4.60. The first kappa shape index (κ1) is 16.3. The number of hydrogen-bond acceptors (Lipinski definition) is 4. The zero-order valence-corrected chi connectivity index (χ0v) is 14.0. The number of rotatable bonds is 3. The molecule has 0 amide bonds. The van der Waals surface area contributed by atoms with Gasteiger partial charge in [0.05, 0.1) is 17.6 Å². The Bertz CT molecular complexity index is 641. The fourth-order valence-corrected chi connectivity index (χ4v) is 4.76. The van der Waals surface area contributed by atoms with Gasteiger partial charge in [-0.25, -0.2) is 8.42 Å². The molecule has 1 atom stereocenters. The first-order valence-electron chi connectivity index (χ1n) is 7.27. The van der Waals surface area contributed by atoms with Gasteiger partial charge in [-0.15, -0.1) is 0 Å². The predicted molar refractivity (Wildman–Crippen MR) is 83.9 cm³/mol. The first-order valence-corrected chi connectivity index (χ1v) is 8.71. The van der Waals surface area contributed by atoms with Crippen molar-refractivity contribution in [3.63, 3.8) is 0 Å². The summed E-state index contributed by atoms with van der Waals surface area (Å²) < 4.78 is 33.0. The highest BCUT2D eigenvalue weighted by Crippen LogP contribution is 2.31. The maximum absolute atomic E-state index is 13.0. The van der Waals surface area contributed by atoms with Crippen LogP contribution in [-0.2, 0) is 14.8 Å². The summed E-state index contributed by atoms with van der Waals surface area (Å²) in [6.07, 6.45) is 0.775. The summed E-state index contributed by atoms with van der Waals surface area (Å²) in [5, 5.41) is 0. The molecule has 0 bridgehead atoms. The molecule has 1 aliphatic rings. The first-order chi connectivity index (χ1) is 9.78. The fraction of sp³-hybridized carbons (Fsp3) is 0.600. The molecular weight excluding hydrogens is 288 g/mol. The van der Waals surface area contributed by atoms with E-state index in [1.54, 1.807) is 6.92 Å². The van der Waals surface area contributed by atoms with Gasteiger partial charge in [0.1, 0.15) is 0 Å². The number of nitrogens with zero attached hydrogens (tertiary/aromatic N) is 1. The average Bonchev–Trinajstić information content (AvgIpc) is 2.44. The van der Waals surface area contributed by atoms with Crippen LogP contribution in [0.4, 0.5) is 5.69 Å². The smallest absolute Gasteiger partial charge is 0.243 e. The Hall–Kier alpha value is -1.11. The molecule has 0 saturated carbocycles. The van der Waals surface area contributed by atoms with E-state index < -0.39 is 10.0 Å². The molecule has 1 aromatic rings. The SMILES string of the molecule is CCC1CN(S(=O)(=O)c2c(C)cc(C)c(N)c2C)CCO1. The largest absolute Gasteiger partial charge is 0.398 e. The van der Waals surface area contributed by atoms with E-state index in [0.29, 0.717) is 35.8 Å². The number of benzene rings is 1. The van der Waals surface area contributed by atoms with Crippen molar-refractivity contribution < 1.29 is 13.2 Å². The maximum atomic E-state index is 13.0. The van der Waals surface area contributed by atoms with Gasteiger partial charge in [-0.1, -0.05) is 13.0 Å². The van der Waals surface area contributed by atoms with Gasteiger partial charge in [-0.05, 0) is 43.9 Å². The van der Waals surface area contributed by atoms with Gasteiger partial charge in [0.2, 0.25) is 10.0 Å². The Morgan fingerprint density at radius 1 is 1.33 bits per heavy atom. The molecule has 1 aromatic carbocycles. The minimum Gasteiger partial charge on any atom is -0.398 e. The summed E-state index contributed by atoms with van der Waals surface area (Å²) in [5.74, 6) is 0. The zero-order chi connectivity index (χ0) is 15.8. The number of sulfonamides is 1. The highest BCUT2D eigenvalue weighted by atomic mass is 32.2. The second-order valence-corrected chi connectivity index (χ2v) is 7.52. The summed E-state index contributed by atoms with van der Waals surface area (Å²) >= 11 is 0. The fourth-order valence-electron chi connectivity index (χ4n) is 2.87. The van der Waals surface area contributed by atoms with Crippen molar-refractivity contribution in [1.82, 2.24) is 4.31 Å². The van der Waals surface area contributed by atoms with Gasteiger partial charge >= 0.3 is 0 Å². The van der Waals surface area contributed by atoms with Crippen LogP contribution in [0.15, 0.2) is 11.0 Å². The molecule has 6 heteroatoms. The molecule has 1 heterocycles. The van der Waals surface area contributed by atoms with Gasteiger partial charge in [0, 0.05) is 18.8 Å². The third-order valence-corrected chi connectivity index (χ3v) is 6.27. The van der Waals surface area contributed by atoms with E-state index in [4.69, 9.17) is 10.5 Å². The van der Waals surface area contributed by atoms with Gasteiger partial charge in [-0.2, -0.15) is 4.31 Å². The summed E-state index contributed by atoms with van der Waals surface area (Å²) in [4.78, 5) is 0.349. The van der Waals surface area contributed by atoms with Crippen molar-refractivity contribution in [1.29, 1.82) is 0 Å². The molecule has 1 unspecified atom stereocenters. The number of anilines is 1. The average molecular weight is 312 g/mol. The minimum absolute atomic E-state index is 0.0306. The monoisotopic (exact) mass is 312 g/mol. The standard InChI is InChI=1S/C15H24N2O3S/c1-5-13-9-17(6-7-20-13)21(18,19)15-11(3)8-10(2)14(16)12(15)4/h8,13H,5-7,9,16H2,1-4H3. The molecule has 1 fully saturated rings. The van der Waals surface area contributed by atoms with E-state index in [0.717, 1.165) is 17.5 Å². The molecular formula is C15H24N2O3S. The second kappa shape index (κ2) is 5.94. The number of hydrogen-bond donors (Lipinski definition) is 1.